The molecule has 2 rings (SSSR count). The van der Waals surface area contributed by atoms with Gasteiger partial charge in [0.2, 0.25) is 0 Å². The molecule has 2 atom stereocenters. The number of benzene rings is 1. The Balaban J connectivity index is 2.23. The number of ether oxygens (including phenoxy) is 1. The number of amides is 1. The summed E-state index contributed by atoms with van der Waals surface area (Å²) in [6.07, 6.45) is -0.272. The smallest absolute Gasteiger partial charge is 0.411 e. The van der Waals surface area contributed by atoms with Gasteiger partial charge in [0.15, 0.2) is 6.04 Å². The molecule has 0 aromatic heterocycles. The Bertz CT molecular complexity index is 603. The van der Waals surface area contributed by atoms with Crippen molar-refractivity contribution in [1.82, 2.24) is 4.90 Å². The van der Waals surface area contributed by atoms with Gasteiger partial charge < -0.3 is 9.84 Å². The molecule has 1 aliphatic heterocycles. The van der Waals surface area contributed by atoms with Crippen molar-refractivity contribution in [2.75, 3.05) is 0 Å². The van der Waals surface area contributed by atoms with Crippen molar-refractivity contribution in [3.8, 4) is 0 Å². The number of carbonyl (C=O) groups excluding carboxylic acids is 1. The van der Waals surface area contributed by atoms with E-state index in [0.29, 0.717) is 18.4 Å². The summed E-state index contributed by atoms with van der Waals surface area (Å²) < 4.78 is 5.11. The van der Waals surface area contributed by atoms with Crippen LogP contribution in [0.2, 0.25) is 0 Å². The number of nitro groups is 1. The summed E-state index contributed by atoms with van der Waals surface area (Å²) in [5.74, 6) is -1.14. The van der Waals surface area contributed by atoms with Gasteiger partial charge in [0.05, 0.1) is 11.5 Å². The highest BCUT2D eigenvalue weighted by atomic mass is 16.6. The van der Waals surface area contributed by atoms with E-state index in [2.05, 4.69) is 0 Å². The zero-order valence-corrected chi connectivity index (χ0v) is 12.0. The molecule has 8 heteroatoms. The van der Waals surface area contributed by atoms with E-state index in [-0.39, 0.29) is 12.2 Å². The molecule has 8 nitrogen and oxygen atoms in total. The van der Waals surface area contributed by atoms with E-state index in [1.807, 2.05) is 6.92 Å². The monoisotopic (exact) mass is 308 g/mol. The molecule has 1 aromatic carbocycles. The van der Waals surface area contributed by atoms with Crippen molar-refractivity contribution in [2.24, 2.45) is 0 Å². The summed E-state index contributed by atoms with van der Waals surface area (Å²) in [5, 5.41) is 20.1. The Morgan fingerprint density at radius 2 is 2.23 bits per heavy atom. The van der Waals surface area contributed by atoms with Gasteiger partial charge in [-0.1, -0.05) is 25.5 Å². The number of rotatable bonds is 6. The maximum atomic E-state index is 11.9. The molecule has 1 aliphatic rings. The number of cyclic esters (lactones) is 1. The van der Waals surface area contributed by atoms with E-state index in [1.165, 1.54) is 18.2 Å². The first-order valence-electron chi connectivity index (χ1n) is 6.87. The van der Waals surface area contributed by atoms with Crippen LogP contribution in [0.5, 0.6) is 0 Å². The molecule has 1 heterocycles. The Morgan fingerprint density at radius 3 is 2.82 bits per heavy atom. The predicted octanol–water partition coefficient (Wildman–Crippen LogP) is 2.17. The molecule has 0 radical (unpaired) electrons. The van der Waals surface area contributed by atoms with E-state index >= 15 is 0 Å². The van der Waals surface area contributed by atoms with Gasteiger partial charge in [-0.15, -0.1) is 0 Å². The maximum Gasteiger partial charge on any atom is 0.411 e. The zero-order valence-electron chi connectivity index (χ0n) is 12.0. The number of carbonyl (C=O) groups is 2. The lowest BCUT2D eigenvalue weighted by molar-refractivity contribution is -0.384. The van der Waals surface area contributed by atoms with E-state index in [9.17, 15) is 24.8 Å². The number of hydrogen-bond acceptors (Lipinski definition) is 5. The van der Waals surface area contributed by atoms with Gasteiger partial charge >= 0.3 is 12.1 Å². The van der Waals surface area contributed by atoms with Gasteiger partial charge in [-0.2, -0.15) is 0 Å². The van der Waals surface area contributed by atoms with Crippen LogP contribution in [0.15, 0.2) is 24.3 Å². The molecule has 0 spiro atoms. The van der Waals surface area contributed by atoms with E-state index in [1.54, 1.807) is 6.07 Å². The average Bonchev–Trinajstić information content (AvgIpc) is 2.76. The maximum absolute atomic E-state index is 11.9. The average molecular weight is 308 g/mol. The summed E-state index contributed by atoms with van der Waals surface area (Å²) in [5.41, 5.74) is 0.372. The normalized spacial score (nSPS) is 20.8. The second-order valence-electron chi connectivity index (χ2n) is 5.05. The number of carboxylic acids is 1. The first-order valence-corrected chi connectivity index (χ1v) is 6.87. The summed E-state index contributed by atoms with van der Waals surface area (Å²) in [4.78, 5) is 34.7. The fraction of sp³-hybridized carbons (Fsp3) is 0.429. The lowest BCUT2D eigenvalue weighted by Gasteiger charge is -2.20. The first kappa shape index (κ1) is 15.7. The summed E-state index contributed by atoms with van der Waals surface area (Å²) in [6.45, 7) is 1.83. The SMILES string of the molecule is CCC[C@@H]1OC(=O)N(Cc2cccc([N+](=O)[O-])c2)[C@H]1C(=O)O. The first-order chi connectivity index (χ1) is 10.4. The minimum absolute atomic E-state index is 0.0440. The van der Waals surface area contributed by atoms with Crippen LogP contribution in [0.4, 0.5) is 10.5 Å². The van der Waals surface area contributed by atoms with Crippen LogP contribution >= 0.6 is 0 Å². The fourth-order valence-corrected chi connectivity index (χ4v) is 2.50. The summed E-state index contributed by atoms with van der Waals surface area (Å²) in [6, 6.07) is 4.67. The minimum atomic E-state index is -1.14. The standard InChI is InChI=1S/C14H16N2O6/c1-2-4-11-12(13(17)18)15(14(19)22-11)8-9-5-3-6-10(7-9)16(20)21/h3,5-7,11-12H,2,4,8H2,1H3,(H,17,18)/t11-,12+/m0/s1. The Morgan fingerprint density at radius 1 is 1.50 bits per heavy atom. The molecule has 0 unspecified atom stereocenters. The summed E-state index contributed by atoms with van der Waals surface area (Å²) >= 11 is 0. The van der Waals surface area contributed by atoms with Crippen LogP contribution in [0, 0.1) is 10.1 Å². The fourth-order valence-electron chi connectivity index (χ4n) is 2.50. The molecule has 1 saturated heterocycles. The van der Waals surface area contributed by atoms with Crippen molar-refractivity contribution in [3.05, 3.63) is 39.9 Å². The molecular formula is C14H16N2O6. The third kappa shape index (κ3) is 3.16. The van der Waals surface area contributed by atoms with Crippen LogP contribution in [0.25, 0.3) is 0 Å². The molecular weight excluding hydrogens is 292 g/mol. The molecule has 1 amide bonds. The second-order valence-corrected chi connectivity index (χ2v) is 5.05. The van der Waals surface area contributed by atoms with Crippen LogP contribution in [0.3, 0.4) is 0 Å². The highest BCUT2D eigenvalue weighted by molar-refractivity contribution is 5.83. The number of hydrogen-bond donors (Lipinski definition) is 1. The van der Waals surface area contributed by atoms with Gasteiger partial charge in [0, 0.05) is 12.1 Å². The minimum Gasteiger partial charge on any atom is -0.480 e. The van der Waals surface area contributed by atoms with Crippen molar-refractivity contribution >= 4 is 17.7 Å². The van der Waals surface area contributed by atoms with Crippen LogP contribution < -0.4 is 0 Å². The van der Waals surface area contributed by atoms with Crippen molar-refractivity contribution < 1.29 is 24.4 Å². The van der Waals surface area contributed by atoms with Gasteiger partial charge in [-0.05, 0) is 12.0 Å². The van der Waals surface area contributed by atoms with Gasteiger partial charge in [-0.25, -0.2) is 9.59 Å². The number of nitrogens with zero attached hydrogens (tertiary/aromatic N) is 2. The third-order valence-electron chi connectivity index (χ3n) is 3.48. The van der Waals surface area contributed by atoms with E-state index in [0.717, 1.165) is 4.90 Å². The highest BCUT2D eigenvalue weighted by Crippen LogP contribution is 2.26. The van der Waals surface area contributed by atoms with Crippen molar-refractivity contribution in [2.45, 2.75) is 38.5 Å². The lowest BCUT2D eigenvalue weighted by Crippen LogP contribution is -2.42. The van der Waals surface area contributed by atoms with Gasteiger partial charge in [0.25, 0.3) is 5.69 Å². The number of aliphatic carboxylic acids is 1. The van der Waals surface area contributed by atoms with Gasteiger partial charge in [-0.3, -0.25) is 15.0 Å². The second kappa shape index (κ2) is 6.42. The Hall–Kier alpha value is -2.64. The third-order valence-corrected chi connectivity index (χ3v) is 3.48. The largest absolute Gasteiger partial charge is 0.480 e. The van der Waals surface area contributed by atoms with Crippen LogP contribution in [-0.2, 0) is 16.1 Å². The topological polar surface area (TPSA) is 110 Å². The highest BCUT2D eigenvalue weighted by Gasteiger charge is 2.45. The van der Waals surface area contributed by atoms with Crippen molar-refractivity contribution in [3.63, 3.8) is 0 Å². The molecule has 0 bridgehead atoms. The Labute approximate surface area is 126 Å². The van der Waals surface area contributed by atoms with Crippen LogP contribution in [0.1, 0.15) is 25.3 Å². The molecule has 118 valence electrons. The lowest BCUT2D eigenvalue weighted by atomic mass is 10.1. The van der Waals surface area contributed by atoms with Crippen molar-refractivity contribution in [1.29, 1.82) is 0 Å². The molecule has 22 heavy (non-hydrogen) atoms. The summed E-state index contributed by atoms with van der Waals surface area (Å²) in [7, 11) is 0. The molecule has 0 saturated carbocycles. The molecule has 1 aromatic rings. The zero-order chi connectivity index (χ0) is 16.3. The molecule has 1 N–H and O–H groups in total. The van der Waals surface area contributed by atoms with Gasteiger partial charge in [0.1, 0.15) is 6.10 Å². The van der Waals surface area contributed by atoms with E-state index in [4.69, 9.17) is 4.74 Å². The van der Waals surface area contributed by atoms with E-state index < -0.39 is 29.1 Å². The number of non-ortho nitro benzene ring substituents is 1. The quantitative estimate of drug-likeness (QED) is 0.637. The Kier molecular flexibility index (Phi) is 4.59. The number of nitro benzene ring substituents is 1. The molecule has 1 fully saturated rings. The predicted molar refractivity (Wildman–Crippen MR) is 75.2 cm³/mol. The molecule has 0 aliphatic carbocycles. The number of carboxylic acid groups (broad SMARTS) is 1. The van der Waals surface area contributed by atoms with Crippen LogP contribution in [-0.4, -0.2) is 39.1 Å².